The first-order valence-electron chi connectivity index (χ1n) is 11.0. The van der Waals surface area contributed by atoms with Gasteiger partial charge in [-0.3, -0.25) is 0 Å². The summed E-state index contributed by atoms with van der Waals surface area (Å²) in [5.41, 5.74) is 3.47. The van der Waals surface area contributed by atoms with Crippen LogP contribution in [0.4, 0.5) is 0 Å². The lowest BCUT2D eigenvalue weighted by atomic mass is 10.0. The van der Waals surface area contributed by atoms with Gasteiger partial charge in [-0.2, -0.15) is 0 Å². The zero-order valence-corrected chi connectivity index (χ0v) is 18.5. The first-order chi connectivity index (χ1) is 16.4. The summed E-state index contributed by atoms with van der Waals surface area (Å²) in [7, 11) is 0. The van der Waals surface area contributed by atoms with Crippen LogP contribution in [0.5, 0.6) is 40.2 Å². The molecule has 0 atom stereocenters. The maximum absolute atomic E-state index is 10.5. The summed E-state index contributed by atoms with van der Waals surface area (Å²) in [5, 5.41) is 50.0. The lowest BCUT2D eigenvalue weighted by molar-refractivity contribution is 0.380. The zero-order valence-electron chi connectivity index (χ0n) is 18.5. The molecular weight excluding hydrogens is 432 g/mol. The molecule has 174 valence electrons. The van der Waals surface area contributed by atoms with Crippen molar-refractivity contribution in [2.24, 2.45) is 0 Å². The van der Waals surface area contributed by atoms with Gasteiger partial charge in [0.1, 0.15) is 17.2 Å². The van der Waals surface area contributed by atoms with E-state index < -0.39 is 0 Å². The van der Waals surface area contributed by atoms with Crippen LogP contribution < -0.4 is 4.74 Å². The Kier molecular flexibility index (Phi) is 6.78. The molecular formula is C28H26O6. The van der Waals surface area contributed by atoms with Crippen LogP contribution in [0.3, 0.4) is 0 Å². The molecule has 6 heteroatoms. The summed E-state index contributed by atoms with van der Waals surface area (Å²) in [6.45, 7) is 0. The van der Waals surface area contributed by atoms with E-state index in [1.807, 2.05) is 24.3 Å². The molecule has 0 radical (unpaired) electrons. The van der Waals surface area contributed by atoms with E-state index in [0.29, 0.717) is 31.2 Å². The monoisotopic (exact) mass is 458 g/mol. The summed E-state index contributed by atoms with van der Waals surface area (Å²) in [6.07, 6.45) is 2.49. The first-order valence-corrected chi connectivity index (χ1v) is 11.0. The van der Waals surface area contributed by atoms with E-state index in [2.05, 4.69) is 0 Å². The van der Waals surface area contributed by atoms with Crippen LogP contribution in [0, 0.1) is 0 Å². The van der Waals surface area contributed by atoms with Gasteiger partial charge in [0.15, 0.2) is 23.0 Å². The molecule has 0 aliphatic heterocycles. The van der Waals surface area contributed by atoms with E-state index in [1.54, 1.807) is 48.5 Å². The molecule has 0 amide bonds. The maximum atomic E-state index is 10.5. The lowest BCUT2D eigenvalue weighted by Gasteiger charge is -2.13. The summed E-state index contributed by atoms with van der Waals surface area (Å²) in [6, 6.07) is 21.8. The second-order valence-electron chi connectivity index (χ2n) is 8.19. The van der Waals surface area contributed by atoms with Crippen molar-refractivity contribution in [2.75, 3.05) is 0 Å². The number of phenolic OH excluding ortho intramolecular Hbond substituents is 5. The number of phenols is 5. The van der Waals surface area contributed by atoms with Crippen LogP contribution in [0.2, 0.25) is 0 Å². The van der Waals surface area contributed by atoms with Crippen molar-refractivity contribution in [2.45, 2.75) is 25.7 Å². The average molecular weight is 459 g/mol. The van der Waals surface area contributed by atoms with Crippen molar-refractivity contribution >= 4 is 0 Å². The Morgan fingerprint density at radius 3 is 1.82 bits per heavy atom. The fourth-order valence-corrected chi connectivity index (χ4v) is 3.75. The van der Waals surface area contributed by atoms with Gasteiger partial charge in [0.25, 0.3) is 0 Å². The molecule has 0 saturated heterocycles. The fourth-order valence-electron chi connectivity index (χ4n) is 3.75. The average Bonchev–Trinajstić information content (AvgIpc) is 2.81. The van der Waals surface area contributed by atoms with Crippen molar-refractivity contribution in [3.63, 3.8) is 0 Å². The second kappa shape index (κ2) is 10.1. The Balaban J connectivity index is 1.44. The molecule has 4 aromatic carbocycles. The van der Waals surface area contributed by atoms with Crippen LogP contribution >= 0.6 is 0 Å². The van der Waals surface area contributed by atoms with Gasteiger partial charge in [-0.1, -0.05) is 30.3 Å². The molecule has 6 nitrogen and oxygen atoms in total. The molecule has 0 aromatic heterocycles. The van der Waals surface area contributed by atoms with Crippen LogP contribution in [-0.2, 0) is 25.7 Å². The highest BCUT2D eigenvalue weighted by atomic mass is 16.5. The quantitative estimate of drug-likeness (QED) is 0.236. The topological polar surface area (TPSA) is 110 Å². The molecule has 0 fully saturated rings. The normalized spacial score (nSPS) is 10.8. The smallest absolute Gasteiger partial charge is 0.169 e. The summed E-state index contributed by atoms with van der Waals surface area (Å²) >= 11 is 0. The maximum Gasteiger partial charge on any atom is 0.169 e. The predicted octanol–water partition coefficient (Wildman–Crippen LogP) is 5.58. The Morgan fingerprint density at radius 2 is 1.12 bits per heavy atom. The molecule has 0 unspecified atom stereocenters. The van der Waals surface area contributed by atoms with E-state index in [4.69, 9.17) is 4.74 Å². The highest BCUT2D eigenvalue weighted by molar-refractivity contribution is 5.53. The van der Waals surface area contributed by atoms with Crippen LogP contribution in [0.1, 0.15) is 22.3 Å². The third-order valence-corrected chi connectivity index (χ3v) is 5.64. The highest BCUT2D eigenvalue weighted by Crippen LogP contribution is 2.39. The lowest BCUT2D eigenvalue weighted by Crippen LogP contribution is -1.95. The Labute approximate surface area is 197 Å². The molecule has 0 bridgehead atoms. The van der Waals surface area contributed by atoms with Crippen molar-refractivity contribution in [1.82, 2.24) is 0 Å². The van der Waals surface area contributed by atoms with Gasteiger partial charge in [0, 0.05) is 6.07 Å². The summed E-state index contributed by atoms with van der Waals surface area (Å²) in [5.74, 6) is 0.380. The molecule has 4 rings (SSSR count). The number of aromatic hydroxyl groups is 5. The number of aryl methyl sites for hydroxylation is 4. The van der Waals surface area contributed by atoms with Gasteiger partial charge < -0.3 is 30.3 Å². The molecule has 0 saturated carbocycles. The van der Waals surface area contributed by atoms with Crippen molar-refractivity contribution < 1.29 is 30.3 Å². The van der Waals surface area contributed by atoms with Crippen molar-refractivity contribution in [3.05, 3.63) is 101 Å². The minimum Gasteiger partial charge on any atom is -0.508 e. The van der Waals surface area contributed by atoms with Crippen molar-refractivity contribution in [1.29, 1.82) is 0 Å². The summed E-state index contributed by atoms with van der Waals surface area (Å²) in [4.78, 5) is 0. The molecule has 34 heavy (non-hydrogen) atoms. The van der Waals surface area contributed by atoms with Crippen LogP contribution in [0.15, 0.2) is 78.9 Å². The molecule has 4 aromatic rings. The molecule has 0 spiro atoms. The third kappa shape index (κ3) is 5.72. The number of rotatable bonds is 8. The molecule has 0 aliphatic rings. The fraction of sp³-hybridized carbons (Fsp3) is 0.143. The Bertz CT molecular complexity index is 1280. The van der Waals surface area contributed by atoms with E-state index in [9.17, 15) is 25.5 Å². The highest BCUT2D eigenvalue weighted by Gasteiger charge is 2.13. The van der Waals surface area contributed by atoms with Gasteiger partial charge in [0.05, 0.1) is 0 Å². The van der Waals surface area contributed by atoms with Gasteiger partial charge in [0.2, 0.25) is 0 Å². The Hall–Kier alpha value is -4.32. The molecule has 5 N–H and O–H groups in total. The van der Waals surface area contributed by atoms with Gasteiger partial charge >= 0.3 is 0 Å². The third-order valence-electron chi connectivity index (χ3n) is 5.64. The summed E-state index contributed by atoms with van der Waals surface area (Å²) < 4.78 is 5.76. The van der Waals surface area contributed by atoms with Gasteiger partial charge in [-0.25, -0.2) is 0 Å². The Morgan fingerprint density at radius 1 is 0.471 bits per heavy atom. The number of benzene rings is 4. The van der Waals surface area contributed by atoms with Crippen molar-refractivity contribution in [3.8, 4) is 40.2 Å². The van der Waals surface area contributed by atoms with Crippen LogP contribution in [-0.4, -0.2) is 25.5 Å². The molecule has 0 aliphatic carbocycles. The number of hydrogen-bond donors (Lipinski definition) is 5. The van der Waals surface area contributed by atoms with E-state index in [1.165, 1.54) is 6.07 Å². The SMILES string of the molecule is Oc1ccc(CCc2cc(Oc3ccc(CCc4cccc(O)c4)cc3O)c(O)cc2O)cc1. The number of ether oxygens (including phenoxy) is 1. The van der Waals surface area contributed by atoms with E-state index in [-0.39, 0.29) is 40.2 Å². The zero-order chi connectivity index (χ0) is 24.1. The number of hydrogen-bond acceptors (Lipinski definition) is 6. The van der Waals surface area contributed by atoms with Gasteiger partial charge in [-0.15, -0.1) is 0 Å². The second-order valence-corrected chi connectivity index (χ2v) is 8.19. The standard InChI is InChI=1S/C28H26O6/c29-22-11-7-18(8-12-22)6-10-21-16-28(26(33)17-24(21)31)34-27-13-9-20(15-25(27)32)5-4-19-2-1-3-23(30)14-19/h1-3,7-9,11-17,29-33H,4-6,10H2. The largest absolute Gasteiger partial charge is 0.508 e. The minimum atomic E-state index is -0.238. The minimum absolute atomic E-state index is 0.0462. The van der Waals surface area contributed by atoms with Gasteiger partial charge in [-0.05, 0) is 90.4 Å². The van der Waals surface area contributed by atoms with Crippen LogP contribution in [0.25, 0.3) is 0 Å². The van der Waals surface area contributed by atoms with E-state index in [0.717, 1.165) is 16.7 Å². The van der Waals surface area contributed by atoms with E-state index >= 15 is 0 Å². The molecule has 0 heterocycles. The first kappa shape index (κ1) is 22.9. The predicted molar refractivity (Wildman–Crippen MR) is 129 cm³/mol.